The fourth-order valence-electron chi connectivity index (χ4n) is 1.56. The number of rotatable bonds is 1. The van der Waals surface area contributed by atoms with Gasteiger partial charge in [0.25, 0.3) is 0 Å². The van der Waals surface area contributed by atoms with Crippen LogP contribution in [0, 0.1) is 6.92 Å². The van der Waals surface area contributed by atoms with Gasteiger partial charge in [0.15, 0.2) is 0 Å². The van der Waals surface area contributed by atoms with Crippen molar-refractivity contribution in [1.82, 2.24) is 9.55 Å². The number of carbonyl (C=O) groups excluding carboxylic acids is 1. The summed E-state index contributed by atoms with van der Waals surface area (Å²) in [5.41, 5.74) is 1.59. The number of para-hydroxylation sites is 2. The van der Waals surface area contributed by atoms with Gasteiger partial charge >= 0.3 is 6.09 Å². The number of imidazole rings is 1. The molecule has 15 heavy (non-hydrogen) atoms. The third kappa shape index (κ3) is 1.58. The van der Waals surface area contributed by atoms with Gasteiger partial charge in [0.05, 0.1) is 17.6 Å². The third-order valence-corrected chi connectivity index (χ3v) is 2.18. The smallest absolute Gasteiger partial charge is 0.419 e. The molecule has 0 bridgehead atoms. The molecule has 0 amide bonds. The van der Waals surface area contributed by atoms with E-state index in [1.54, 1.807) is 13.8 Å². The predicted octanol–water partition coefficient (Wildman–Crippen LogP) is 2.35. The zero-order chi connectivity index (χ0) is 10.8. The number of carbonyl (C=O) groups is 1. The highest BCUT2D eigenvalue weighted by molar-refractivity contribution is 5.87. The second-order valence-electron chi connectivity index (χ2n) is 3.18. The molecule has 0 aliphatic rings. The Bertz CT molecular complexity index is 502. The Hall–Kier alpha value is -1.84. The van der Waals surface area contributed by atoms with Crippen molar-refractivity contribution in [3.8, 4) is 0 Å². The van der Waals surface area contributed by atoms with Crippen molar-refractivity contribution in [2.75, 3.05) is 6.61 Å². The van der Waals surface area contributed by atoms with Crippen molar-refractivity contribution in [3.63, 3.8) is 0 Å². The van der Waals surface area contributed by atoms with E-state index in [0.717, 1.165) is 11.0 Å². The molecule has 0 radical (unpaired) electrons. The van der Waals surface area contributed by atoms with E-state index in [-0.39, 0.29) is 6.09 Å². The first-order chi connectivity index (χ1) is 7.24. The van der Waals surface area contributed by atoms with Crippen LogP contribution in [0.25, 0.3) is 11.0 Å². The number of hydrogen-bond donors (Lipinski definition) is 0. The van der Waals surface area contributed by atoms with Crippen LogP contribution >= 0.6 is 0 Å². The first kappa shape index (κ1) is 9.71. The number of aryl methyl sites for hydroxylation is 1. The predicted molar refractivity (Wildman–Crippen MR) is 56.9 cm³/mol. The number of nitrogens with zero attached hydrogens (tertiary/aromatic N) is 2. The summed E-state index contributed by atoms with van der Waals surface area (Å²) in [5, 5.41) is 0. The van der Waals surface area contributed by atoms with Gasteiger partial charge in [-0.15, -0.1) is 0 Å². The van der Waals surface area contributed by atoms with Crippen LogP contribution in [0.15, 0.2) is 24.3 Å². The fourth-order valence-corrected chi connectivity index (χ4v) is 1.56. The third-order valence-electron chi connectivity index (χ3n) is 2.18. The Morgan fingerprint density at radius 1 is 1.47 bits per heavy atom. The molecule has 4 heteroatoms. The molecule has 0 unspecified atom stereocenters. The number of ether oxygens (including phenoxy) is 1. The topological polar surface area (TPSA) is 44.1 Å². The molecular weight excluding hydrogens is 192 g/mol. The van der Waals surface area contributed by atoms with Crippen LogP contribution in [0.4, 0.5) is 4.79 Å². The summed E-state index contributed by atoms with van der Waals surface area (Å²) >= 11 is 0. The molecule has 0 saturated carbocycles. The van der Waals surface area contributed by atoms with Gasteiger partial charge in [-0.3, -0.25) is 0 Å². The molecule has 2 aromatic rings. The van der Waals surface area contributed by atoms with Gasteiger partial charge in [-0.1, -0.05) is 12.1 Å². The zero-order valence-corrected chi connectivity index (χ0v) is 8.73. The lowest BCUT2D eigenvalue weighted by Crippen LogP contribution is -2.14. The van der Waals surface area contributed by atoms with Gasteiger partial charge in [-0.2, -0.15) is 0 Å². The average Bonchev–Trinajstić information content (AvgIpc) is 2.54. The molecule has 2 rings (SSSR count). The Balaban J connectivity index is 2.58. The van der Waals surface area contributed by atoms with Gasteiger partial charge in [0, 0.05) is 0 Å². The van der Waals surface area contributed by atoms with Gasteiger partial charge in [0.1, 0.15) is 5.82 Å². The van der Waals surface area contributed by atoms with E-state index < -0.39 is 0 Å². The van der Waals surface area contributed by atoms with Crippen LogP contribution < -0.4 is 0 Å². The van der Waals surface area contributed by atoms with Crippen molar-refractivity contribution in [2.24, 2.45) is 0 Å². The van der Waals surface area contributed by atoms with E-state index in [1.165, 1.54) is 4.57 Å². The van der Waals surface area contributed by atoms with Crippen molar-refractivity contribution in [2.45, 2.75) is 13.8 Å². The van der Waals surface area contributed by atoms with Crippen LogP contribution in [0.2, 0.25) is 0 Å². The van der Waals surface area contributed by atoms with Crippen molar-refractivity contribution in [1.29, 1.82) is 0 Å². The molecule has 1 aromatic carbocycles. The molecule has 0 saturated heterocycles. The molecule has 0 atom stereocenters. The number of hydrogen-bond acceptors (Lipinski definition) is 3. The van der Waals surface area contributed by atoms with Crippen molar-refractivity contribution >= 4 is 17.1 Å². The molecular formula is C11H12N2O2. The first-order valence-corrected chi connectivity index (χ1v) is 4.85. The highest BCUT2D eigenvalue weighted by Crippen LogP contribution is 2.15. The molecule has 4 nitrogen and oxygen atoms in total. The van der Waals surface area contributed by atoms with Crippen LogP contribution in [-0.2, 0) is 4.74 Å². The zero-order valence-electron chi connectivity index (χ0n) is 8.73. The quantitative estimate of drug-likeness (QED) is 0.716. The van der Waals surface area contributed by atoms with Crippen molar-refractivity contribution < 1.29 is 9.53 Å². The van der Waals surface area contributed by atoms with Gasteiger partial charge in [-0.05, 0) is 26.0 Å². The summed E-state index contributed by atoms with van der Waals surface area (Å²) in [6.45, 7) is 3.94. The van der Waals surface area contributed by atoms with Crippen LogP contribution in [0.1, 0.15) is 12.7 Å². The standard InChI is InChI=1S/C11H12N2O2/c1-3-15-11(14)13-8(2)12-9-6-4-5-7-10(9)13/h4-7H,3H2,1-2H3. The minimum Gasteiger partial charge on any atom is -0.449 e. The van der Waals surface area contributed by atoms with Gasteiger partial charge in [-0.25, -0.2) is 14.3 Å². The summed E-state index contributed by atoms with van der Waals surface area (Å²) in [6, 6.07) is 7.49. The fraction of sp³-hybridized carbons (Fsp3) is 0.273. The Kier molecular flexibility index (Phi) is 2.41. The maximum absolute atomic E-state index is 11.6. The summed E-state index contributed by atoms with van der Waals surface area (Å²) < 4.78 is 6.44. The molecule has 0 aliphatic heterocycles. The van der Waals surface area contributed by atoms with E-state index in [2.05, 4.69) is 4.98 Å². The van der Waals surface area contributed by atoms with Gasteiger partial charge in [0.2, 0.25) is 0 Å². The highest BCUT2D eigenvalue weighted by atomic mass is 16.5. The molecule has 0 fully saturated rings. The maximum atomic E-state index is 11.6. The van der Waals surface area contributed by atoms with Crippen LogP contribution in [0.5, 0.6) is 0 Å². The van der Waals surface area contributed by atoms with Crippen LogP contribution in [0.3, 0.4) is 0 Å². The molecule has 0 spiro atoms. The molecule has 78 valence electrons. The van der Waals surface area contributed by atoms with Crippen LogP contribution in [-0.4, -0.2) is 22.3 Å². The Morgan fingerprint density at radius 3 is 2.93 bits per heavy atom. The maximum Gasteiger partial charge on any atom is 0.419 e. The van der Waals surface area contributed by atoms with Crippen molar-refractivity contribution in [3.05, 3.63) is 30.1 Å². The Labute approximate surface area is 87.5 Å². The monoisotopic (exact) mass is 204 g/mol. The average molecular weight is 204 g/mol. The highest BCUT2D eigenvalue weighted by Gasteiger charge is 2.13. The van der Waals surface area contributed by atoms with E-state index in [0.29, 0.717) is 12.4 Å². The van der Waals surface area contributed by atoms with E-state index in [1.807, 2.05) is 24.3 Å². The molecule has 1 aromatic heterocycles. The SMILES string of the molecule is CCOC(=O)n1c(C)nc2ccccc21. The summed E-state index contributed by atoms with van der Waals surface area (Å²) in [7, 11) is 0. The van der Waals surface area contributed by atoms with E-state index in [4.69, 9.17) is 4.74 Å². The second kappa shape index (κ2) is 3.73. The second-order valence-corrected chi connectivity index (χ2v) is 3.18. The minimum atomic E-state index is -0.372. The van der Waals surface area contributed by atoms with E-state index >= 15 is 0 Å². The summed E-state index contributed by atoms with van der Waals surface area (Å²) in [4.78, 5) is 15.9. The van der Waals surface area contributed by atoms with Gasteiger partial charge < -0.3 is 4.74 Å². The molecule has 0 aliphatic carbocycles. The molecule has 1 heterocycles. The lowest BCUT2D eigenvalue weighted by Gasteiger charge is -2.04. The summed E-state index contributed by atoms with van der Waals surface area (Å²) in [6.07, 6.45) is -0.372. The Morgan fingerprint density at radius 2 is 2.20 bits per heavy atom. The number of fused-ring (bicyclic) bond motifs is 1. The summed E-state index contributed by atoms with van der Waals surface area (Å²) in [5.74, 6) is 0.648. The normalized spacial score (nSPS) is 10.5. The first-order valence-electron chi connectivity index (χ1n) is 4.85. The largest absolute Gasteiger partial charge is 0.449 e. The number of aromatic nitrogens is 2. The van der Waals surface area contributed by atoms with E-state index in [9.17, 15) is 4.79 Å². The minimum absolute atomic E-state index is 0.366. The lowest BCUT2D eigenvalue weighted by molar-refractivity contribution is 0.154. The lowest BCUT2D eigenvalue weighted by atomic mass is 10.3. The molecule has 0 N–H and O–H groups in total. The number of benzene rings is 1.